The van der Waals surface area contributed by atoms with Crippen molar-refractivity contribution in [1.82, 2.24) is 19.8 Å². The molecule has 6 heteroatoms. The van der Waals surface area contributed by atoms with Gasteiger partial charge in [0, 0.05) is 24.2 Å². The zero-order valence-electron chi connectivity index (χ0n) is 10.1. The number of aryl methyl sites for hydroxylation is 1. The van der Waals surface area contributed by atoms with Gasteiger partial charge in [0.1, 0.15) is 6.33 Å². The number of hydrogen-bond acceptors (Lipinski definition) is 5. The summed E-state index contributed by atoms with van der Waals surface area (Å²) in [6.07, 6.45) is 1.64. The Morgan fingerprint density at radius 2 is 1.94 bits per heavy atom. The van der Waals surface area contributed by atoms with Crippen molar-refractivity contribution in [2.45, 2.75) is 13.8 Å². The maximum Gasteiger partial charge on any atom is 0.180 e. The summed E-state index contributed by atoms with van der Waals surface area (Å²) in [6, 6.07) is 0. The number of morpholine rings is 1. The molecule has 0 radical (unpaired) electrons. The minimum atomic E-state index is 0.764. The fourth-order valence-electron chi connectivity index (χ4n) is 2.14. The second-order valence-corrected chi connectivity index (χ2v) is 4.27. The maximum atomic E-state index is 5.36. The number of aromatic nitrogens is 4. The Morgan fingerprint density at radius 3 is 2.71 bits per heavy atom. The highest BCUT2D eigenvalue weighted by Gasteiger charge is 2.18. The highest BCUT2D eigenvalue weighted by atomic mass is 16.5. The molecule has 0 aliphatic carbocycles. The second-order valence-electron chi connectivity index (χ2n) is 4.27. The minimum Gasteiger partial charge on any atom is -0.378 e. The van der Waals surface area contributed by atoms with Crippen LogP contribution in [0.5, 0.6) is 0 Å². The maximum absolute atomic E-state index is 5.36. The molecular weight excluding hydrogens is 218 g/mol. The summed E-state index contributed by atoms with van der Waals surface area (Å²) in [5.74, 6) is 1.01. The zero-order valence-corrected chi connectivity index (χ0v) is 10.1. The number of nitrogens with zero attached hydrogens (tertiary/aromatic N) is 5. The SMILES string of the molecule is Cc1c(N2CCOCC2)nn2cnnc2c1C. The van der Waals surface area contributed by atoms with E-state index in [-0.39, 0.29) is 0 Å². The molecule has 6 nitrogen and oxygen atoms in total. The molecule has 0 bridgehead atoms. The Kier molecular flexibility index (Phi) is 2.44. The van der Waals surface area contributed by atoms with Crippen LogP contribution in [0.1, 0.15) is 11.1 Å². The number of fused-ring (bicyclic) bond motifs is 1. The van der Waals surface area contributed by atoms with Crippen molar-refractivity contribution in [3.63, 3.8) is 0 Å². The van der Waals surface area contributed by atoms with Crippen LogP contribution in [0.25, 0.3) is 5.65 Å². The third kappa shape index (κ3) is 1.64. The van der Waals surface area contributed by atoms with Crippen LogP contribution >= 0.6 is 0 Å². The lowest BCUT2D eigenvalue weighted by Gasteiger charge is -2.29. The zero-order chi connectivity index (χ0) is 11.8. The van der Waals surface area contributed by atoms with Gasteiger partial charge in [-0.3, -0.25) is 0 Å². The van der Waals surface area contributed by atoms with Gasteiger partial charge in [0.15, 0.2) is 11.5 Å². The van der Waals surface area contributed by atoms with E-state index in [9.17, 15) is 0 Å². The molecule has 0 unspecified atom stereocenters. The van der Waals surface area contributed by atoms with Crippen LogP contribution in [0.15, 0.2) is 6.33 Å². The van der Waals surface area contributed by atoms with Crippen molar-refractivity contribution >= 4 is 11.5 Å². The fraction of sp³-hybridized carbons (Fsp3) is 0.545. The van der Waals surface area contributed by atoms with Crippen LogP contribution in [0, 0.1) is 13.8 Å². The van der Waals surface area contributed by atoms with Crippen molar-refractivity contribution in [3.8, 4) is 0 Å². The average molecular weight is 233 g/mol. The molecule has 1 aliphatic heterocycles. The third-order valence-corrected chi connectivity index (χ3v) is 3.28. The van der Waals surface area contributed by atoms with Gasteiger partial charge in [-0.25, -0.2) is 0 Å². The molecule has 0 aromatic carbocycles. The van der Waals surface area contributed by atoms with E-state index in [1.54, 1.807) is 10.8 Å². The van der Waals surface area contributed by atoms with E-state index >= 15 is 0 Å². The predicted octanol–water partition coefficient (Wildman–Crippen LogP) is 0.578. The van der Waals surface area contributed by atoms with Gasteiger partial charge in [-0.15, -0.1) is 15.3 Å². The monoisotopic (exact) mass is 233 g/mol. The lowest BCUT2D eigenvalue weighted by Crippen LogP contribution is -2.37. The Hall–Kier alpha value is -1.69. The van der Waals surface area contributed by atoms with E-state index in [0.717, 1.165) is 43.3 Å². The summed E-state index contributed by atoms with van der Waals surface area (Å²) < 4.78 is 7.11. The summed E-state index contributed by atoms with van der Waals surface area (Å²) in [6.45, 7) is 7.45. The van der Waals surface area contributed by atoms with E-state index in [2.05, 4.69) is 34.0 Å². The first kappa shape index (κ1) is 10.5. The fourth-order valence-corrected chi connectivity index (χ4v) is 2.14. The van der Waals surface area contributed by atoms with Crippen molar-refractivity contribution in [1.29, 1.82) is 0 Å². The van der Waals surface area contributed by atoms with Gasteiger partial charge in [-0.05, 0) is 13.8 Å². The van der Waals surface area contributed by atoms with Crippen LogP contribution < -0.4 is 4.90 Å². The molecule has 90 valence electrons. The first-order chi connectivity index (χ1) is 8.27. The van der Waals surface area contributed by atoms with Crippen LogP contribution in [-0.2, 0) is 4.74 Å². The van der Waals surface area contributed by atoms with Crippen LogP contribution in [0.3, 0.4) is 0 Å². The topological polar surface area (TPSA) is 55.5 Å². The molecule has 17 heavy (non-hydrogen) atoms. The van der Waals surface area contributed by atoms with Gasteiger partial charge in [0.25, 0.3) is 0 Å². The first-order valence-electron chi connectivity index (χ1n) is 5.77. The van der Waals surface area contributed by atoms with Gasteiger partial charge in [0.05, 0.1) is 13.2 Å². The molecule has 0 atom stereocenters. The smallest absolute Gasteiger partial charge is 0.180 e. The third-order valence-electron chi connectivity index (χ3n) is 3.28. The highest BCUT2D eigenvalue weighted by molar-refractivity contribution is 5.58. The normalized spacial score (nSPS) is 16.7. The summed E-state index contributed by atoms with van der Waals surface area (Å²) >= 11 is 0. The molecule has 3 heterocycles. The summed E-state index contributed by atoms with van der Waals surface area (Å²) in [5, 5.41) is 12.6. The lowest BCUT2D eigenvalue weighted by atomic mass is 10.1. The molecule has 3 rings (SSSR count). The molecule has 0 amide bonds. The molecule has 1 saturated heterocycles. The quantitative estimate of drug-likeness (QED) is 0.721. The molecule has 0 spiro atoms. The van der Waals surface area contributed by atoms with Gasteiger partial charge in [0.2, 0.25) is 0 Å². The molecule has 0 saturated carbocycles. The van der Waals surface area contributed by atoms with Crippen molar-refractivity contribution < 1.29 is 4.74 Å². The average Bonchev–Trinajstić information content (AvgIpc) is 2.83. The van der Waals surface area contributed by atoms with Gasteiger partial charge >= 0.3 is 0 Å². The summed E-state index contributed by atoms with van der Waals surface area (Å²) in [7, 11) is 0. The Morgan fingerprint density at radius 1 is 1.18 bits per heavy atom. The van der Waals surface area contributed by atoms with Crippen molar-refractivity contribution in [2.24, 2.45) is 0 Å². The van der Waals surface area contributed by atoms with Gasteiger partial charge in [-0.1, -0.05) is 0 Å². The first-order valence-corrected chi connectivity index (χ1v) is 5.77. The molecule has 1 aliphatic rings. The Labute approximate surface area is 99.2 Å². The number of anilines is 1. The number of hydrogen-bond donors (Lipinski definition) is 0. The molecule has 2 aromatic rings. The Bertz CT molecular complexity index is 544. The van der Waals surface area contributed by atoms with Crippen LogP contribution in [0.4, 0.5) is 5.82 Å². The largest absolute Gasteiger partial charge is 0.378 e. The van der Waals surface area contributed by atoms with Gasteiger partial charge < -0.3 is 9.64 Å². The lowest BCUT2D eigenvalue weighted by molar-refractivity contribution is 0.122. The van der Waals surface area contributed by atoms with Crippen LogP contribution in [-0.4, -0.2) is 46.1 Å². The van der Waals surface area contributed by atoms with Gasteiger partial charge in [-0.2, -0.15) is 4.52 Å². The van der Waals surface area contributed by atoms with Crippen LogP contribution in [0.2, 0.25) is 0 Å². The van der Waals surface area contributed by atoms with Crippen molar-refractivity contribution in [3.05, 3.63) is 17.5 Å². The molecular formula is C11H15N5O. The second kappa shape index (κ2) is 3.96. The van der Waals surface area contributed by atoms with E-state index in [1.807, 2.05) is 0 Å². The van der Waals surface area contributed by atoms with E-state index < -0.39 is 0 Å². The predicted molar refractivity (Wildman–Crippen MR) is 63.3 cm³/mol. The van der Waals surface area contributed by atoms with E-state index in [4.69, 9.17) is 4.74 Å². The van der Waals surface area contributed by atoms with E-state index in [0.29, 0.717) is 0 Å². The summed E-state index contributed by atoms with van der Waals surface area (Å²) in [4.78, 5) is 2.26. The van der Waals surface area contributed by atoms with Crippen molar-refractivity contribution in [2.75, 3.05) is 31.2 Å². The van der Waals surface area contributed by atoms with E-state index in [1.165, 1.54) is 5.56 Å². The molecule has 1 fully saturated rings. The number of rotatable bonds is 1. The highest BCUT2D eigenvalue weighted by Crippen LogP contribution is 2.22. The minimum absolute atomic E-state index is 0.764. The molecule has 0 N–H and O–H groups in total. The Balaban J connectivity index is 2.11. The molecule has 2 aromatic heterocycles. The number of ether oxygens (including phenoxy) is 1. The standard InChI is InChI=1S/C11H15N5O/c1-8-9(2)11(15-3-5-17-6-4-15)14-16-7-12-13-10(8)16/h7H,3-6H2,1-2H3. The summed E-state index contributed by atoms with van der Waals surface area (Å²) in [5.41, 5.74) is 3.14.